The van der Waals surface area contributed by atoms with Crippen LogP contribution in [0.2, 0.25) is 0 Å². The molecule has 0 saturated heterocycles. The summed E-state index contributed by atoms with van der Waals surface area (Å²) in [7, 11) is 0. The molecular weight excluding hydrogens is 423 g/mol. The molecule has 0 fully saturated rings. The predicted octanol–water partition coefficient (Wildman–Crippen LogP) is 3.65. The standard InChI is InChI=1S/C19H16F3N3O4S/c1-2-15(16(26)23-13-10-6-7-11-14(13)28-19(20,21)22)30-17-18(27)29-24-25(17)12-8-4-3-5-9-12/h3-11,15H,2H2,1H3,(H-,23,24,26,27)/p+1. The number of amides is 1. The van der Waals surface area contributed by atoms with Gasteiger partial charge in [-0.2, -0.15) is 0 Å². The fourth-order valence-corrected chi connectivity index (χ4v) is 3.55. The summed E-state index contributed by atoms with van der Waals surface area (Å²) < 4.78 is 48.0. The lowest BCUT2D eigenvalue weighted by Crippen LogP contribution is -2.37. The van der Waals surface area contributed by atoms with Crippen LogP contribution in [-0.2, 0) is 4.79 Å². The van der Waals surface area contributed by atoms with Crippen LogP contribution in [0.3, 0.4) is 0 Å². The number of alkyl halides is 3. The monoisotopic (exact) mass is 440 g/mol. The highest BCUT2D eigenvalue weighted by atomic mass is 32.2. The molecule has 2 N–H and O–H groups in total. The van der Waals surface area contributed by atoms with Crippen molar-refractivity contribution in [2.24, 2.45) is 0 Å². The van der Waals surface area contributed by atoms with Crippen molar-refractivity contribution in [1.82, 2.24) is 5.27 Å². The molecule has 0 bridgehead atoms. The second kappa shape index (κ2) is 9.08. The van der Waals surface area contributed by atoms with E-state index in [4.69, 9.17) is 4.52 Å². The summed E-state index contributed by atoms with van der Waals surface area (Å²) in [6.07, 6.45) is -4.59. The molecule has 30 heavy (non-hydrogen) atoms. The van der Waals surface area contributed by atoms with Gasteiger partial charge < -0.3 is 10.1 Å². The molecule has 0 aliphatic heterocycles. The van der Waals surface area contributed by atoms with E-state index in [2.05, 4.69) is 15.3 Å². The highest BCUT2D eigenvalue weighted by Gasteiger charge is 2.33. The number of hydrogen-bond donors (Lipinski definition) is 2. The number of thioether (sulfide) groups is 1. The van der Waals surface area contributed by atoms with Crippen molar-refractivity contribution in [3.63, 3.8) is 0 Å². The molecule has 3 rings (SSSR count). The summed E-state index contributed by atoms with van der Waals surface area (Å²) >= 11 is 0.940. The lowest BCUT2D eigenvalue weighted by atomic mass is 10.2. The van der Waals surface area contributed by atoms with Crippen molar-refractivity contribution in [3.05, 3.63) is 65.0 Å². The van der Waals surface area contributed by atoms with Gasteiger partial charge in [0.15, 0.2) is 5.75 Å². The molecule has 3 aromatic rings. The molecule has 11 heteroatoms. The van der Waals surface area contributed by atoms with E-state index in [0.717, 1.165) is 17.8 Å². The van der Waals surface area contributed by atoms with Gasteiger partial charge in [-0.05, 0) is 40.3 Å². The number of hydrogen-bond acceptors (Lipinski definition) is 5. The van der Waals surface area contributed by atoms with Crippen LogP contribution in [0.1, 0.15) is 13.3 Å². The Balaban J connectivity index is 1.81. The second-order valence-corrected chi connectivity index (χ2v) is 7.20. The summed E-state index contributed by atoms with van der Waals surface area (Å²) in [5, 5.41) is 4.26. The molecule has 2 aromatic carbocycles. The van der Waals surface area contributed by atoms with Crippen LogP contribution in [0.25, 0.3) is 5.69 Å². The average molecular weight is 440 g/mol. The number of ether oxygens (including phenoxy) is 1. The van der Waals surface area contributed by atoms with E-state index in [-0.39, 0.29) is 10.7 Å². The molecule has 0 spiro atoms. The minimum Gasteiger partial charge on any atom is -0.404 e. The van der Waals surface area contributed by atoms with Gasteiger partial charge in [0.25, 0.3) is 0 Å². The summed E-state index contributed by atoms with van der Waals surface area (Å²) in [5.41, 5.74) is -0.183. The number of aromatic nitrogens is 2. The van der Waals surface area contributed by atoms with Crippen LogP contribution < -0.4 is 20.4 Å². The molecule has 1 unspecified atom stereocenters. The largest absolute Gasteiger partial charge is 0.573 e. The van der Waals surface area contributed by atoms with Crippen LogP contribution in [0.15, 0.2) is 68.9 Å². The minimum atomic E-state index is -4.90. The van der Waals surface area contributed by atoms with E-state index >= 15 is 0 Å². The van der Waals surface area contributed by atoms with Crippen molar-refractivity contribution in [2.75, 3.05) is 5.32 Å². The third kappa shape index (κ3) is 5.23. The van der Waals surface area contributed by atoms with Gasteiger partial charge >= 0.3 is 17.0 Å². The van der Waals surface area contributed by atoms with Gasteiger partial charge in [0.05, 0.1) is 10.9 Å². The summed E-state index contributed by atoms with van der Waals surface area (Å²) in [4.78, 5) is 24.9. The Bertz CT molecular complexity index is 1070. The topological polar surface area (TPSA) is 88.2 Å². The summed E-state index contributed by atoms with van der Waals surface area (Å²) in [6.45, 7) is 1.72. The molecule has 1 amide bonds. The summed E-state index contributed by atoms with van der Waals surface area (Å²) in [5.74, 6) is -1.11. The maximum Gasteiger partial charge on any atom is 0.573 e. The van der Waals surface area contributed by atoms with E-state index in [1.165, 1.54) is 22.9 Å². The first-order valence-electron chi connectivity index (χ1n) is 8.79. The smallest absolute Gasteiger partial charge is 0.404 e. The fraction of sp³-hybridized carbons (Fsp3) is 0.211. The zero-order valence-electron chi connectivity index (χ0n) is 15.6. The Morgan fingerprint density at radius 1 is 1.20 bits per heavy atom. The minimum absolute atomic E-state index is 0.128. The van der Waals surface area contributed by atoms with Crippen molar-refractivity contribution < 1.29 is 31.9 Å². The first-order valence-corrected chi connectivity index (χ1v) is 9.67. The number of para-hydroxylation sites is 3. The SMILES string of the molecule is CCC(Sc1c(=O)o[nH][n+]1-c1ccccc1)C(=O)Nc1ccccc1OC(F)(F)F. The molecule has 0 aliphatic carbocycles. The zero-order chi connectivity index (χ0) is 21.7. The first-order chi connectivity index (χ1) is 14.3. The Kier molecular flexibility index (Phi) is 6.50. The zero-order valence-corrected chi connectivity index (χ0v) is 16.4. The number of H-pyrrole nitrogens is 1. The number of nitrogens with zero attached hydrogens (tertiary/aromatic N) is 1. The van der Waals surface area contributed by atoms with Crippen LogP contribution in [0.4, 0.5) is 18.9 Å². The molecule has 1 atom stereocenters. The van der Waals surface area contributed by atoms with E-state index in [0.29, 0.717) is 12.1 Å². The van der Waals surface area contributed by atoms with Crippen LogP contribution >= 0.6 is 11.8 Å². The number of carbonyl (C=O) groups excluding carboxylic acids is 1. The first kappa shape index (κ1) is 21.5. The molecule has 0 aliphatic rings. The molecular formula is C19H17F3N3O4S+. The number of nitrogens with one attached hydrogen (secondary N) is 2. The molecule has 158 valence electrons. The van der Waals surface area contributed by atoms with Crippen LogP contribution in [0, 0.1) is 0 Å². The number of halogens is 3. The van der Waals surface area contributed by atoms with Gasteiger partial charge in [0.2, 0.25) is 11.6 Å². The number of carbonyl (C=O) groups is 1. The van der Waals surface area contributed by atoms with E-state index < -0.39 is 28.9 Å². The third-order valence-electron chi connectivity index (χ3n) is 3.91. The Labute approximate surface area is 172 Å². The maximum absolute atomic E-state index is 12.7. The predicted molar refractivity (Wildman–Crippen MR) is 103 cm³/mol. The number of benzene rings is 2. The summed E-state index contributed by atoms with van der Waals surface area (Å²) in [6, 6.07) is 14.0. The molecule has 1 aromatic heterocycles. The van der Waals surface area contributed by atoms with Crippen molar-refractivity contribution >= 4 is 23.4 Å². The van der Waals surface area contributed by atoms with Crippen molar-refractivity contribution in [1.29, 1.82) is 0 Å². The number of aromatic amines is 1. The number of anilines is 1. The van der Waals surface area contributed by atoms with E-state index in [9.17, 15) is 22.8 Å². The van der Waals surface area contributed by atoms with Gasteiger partial charge in [-0.3, -0.25) is 9.32 Å². The molecule has 0 radical (unpaired) electrons. The maximum atomic E-state index is 12.7. The quantitative estimate of drug-likeness (QED) is 0.433. The highest BCUT2D eigenvalue weighted by molar-refractivity contribution is 8.00. The Morgan fingerprint density at radius 2 is 1.87 bits per heavy atom. The molecule has 1 heterocycles. The average Bonchev–Trinajstić information content (AvgIpc) is 3.07. The van der Waals surface area contributed by atoms with Gasteiger partial charge in [0.1, 0.15) is 0 Å². The lowest BCUT2D eigenvalue weighted by Gasteiger charge is -2.16. The Hall–Kier alpha value is -3.21. The van der Waals surface area contributed by atoms with E-state index in [1.54, 1.807) is 37.3 Å². The fourth-order valence-electron chi connectivity index (χ4n) is 2.57. The van der Waals surface area contributed by atoms with Gasteiger partial charge in [0, 0.05) is 12.1 Å². The Morgan fingerprint density at radius 3 is 2.53 bits per heavy atom. The van der Waals surface area contributed by atoms with Gasteiger partial charge in [-0.1, -0.05) is 37.3 Å². The third-order valence-corrected chi connectivity index (χ3v) is 5.31. The van der Waals surface area contributed by atoms with Crippen molar-refractivity contribution in [2.45, 2.75) is 30.0 Å². The number of rotatable bonds is 7. The molecule has 7 nitrogen and oxygen atoms in total. The van der Waals surface area contributed by atoms with Gasteiger partial charge in [-0.25, -0.2) is 4.79 Å². The molecule has 0 saturated carbocycles. The highest BCUT2D eigenvalue weighted by Crippen LogP contribution is 2.31. The lowest BCUT2D eigenvalue weighted by molar-refractivity contribution is -0.704. The van der Waals surface area contributed by atoms with E-state index in [1.807, 2.05) is 0 Å². The van der Waals surface area contributed by atoms with Gasteiger partial charge in [-0.15, -0.1) is 13.2 Å². The normalized spacial score (nSPS) is 12.4. The second-order valence-electron chi connectivity index (χ2n) is 6.00. The van der Waals surface area contributed by atoms with Crippen LogP contribution in [0.5, 0.6) is 5.75 Å². The van der Waals surface area contributed by atoms with Crippen LogP contribution in [-0.4, -0.2) is 22.8 Å². The van der Waals surface area contributed by atoms with Crippen molar-refractivity contribution in [3.8, 4) is 11.4 Å².